The summed E-state index contributed by atoms with van der Waals surface area (Å²) in [5, 5.41) is 0. The molecule has 1 rings (SSSR count). The van der Waals surface area contributed by atoms with E-state index in [4.69, 9.17) is 5.73 Å². The molecule has 78 valence electrons. The predicted octanol–water partition coefficient (Wildman–Crippen LogP) is 3.00. The molecule has 0 heterocycles. The van der Waals surface area contributed by atoms with Crippen molar-refractivity contribution in [2.24, 2.45) is 5.73 Å². The third-order valence-electron chi connectivity index (χ3n) is 2.31. The normalized spacial score (nSPS) is 12.9. The largest absolute Gasteiger partial charge is 0.328 e. The van der Waals surface area contributed by atoms with Crippen molar-refractivity contribution in [3.63, 3.8) is 0 Å². The summed E-state index contributed by atoms with van der Waals surface area (Å²) in [6.07, 6.45) is 4.29. The molecule has 2 N–H and O–H groups in total. The van der Waals surface area contributed by atoms with Gasteiger partial charge >= 0.3 is 0 Å². The van der Waals surface area contributed by atoms with Gasteiger partial charge in [-0.2, -0.15) is 0 Å². The molecule has 1 unspecified atom stereocenters. The molecule has 2 heteroatoms. The second kappa shape index (κ2) is 5.42. The Morgan fingerprint density at radius 1 is 1.43 bits per heavy atom. The van der Waals surface area contributed by atoms with Crippen LogP contribution in [0, 0.1) is 6.92 Å². The molecule has 1 nitrogen and oxygen atoms in total. The maximum absolute atomic E-state index is 5.75. The summed E-state index contributed by atoms with van der Waals surface area (Å²) in [5.74, 6) is 0. The highest BCUT2D eigenvalue weighted by atomic mass is 32.2. The second-order valence-corrected chi connectivity index (χ2v) is 4.68. The maximum Gasteiger partial charge on any atom is 0.0104 e. The molecule has 0 saturated carbocycles. The van der Waals surface area contributed by atoms with Crippen LogP contribution in [0.5, 0.6) is 0 Å². The van der Waals surface area contributed by atoms with Gasteiger partial charge in [-0.15, -0.1) is 11.8 Å². The first-order chi connectivity index (χ1) is 6.63. The van der Waals surface area contributed by atoms with E-state index in [2.05, 4.69) is 38.3 Å². The number of hydrogen-bond acceptors (Lipinski definition) is 2. The van der Waals surface area contributed by atoms with Crippen LogP contribution in [-0.4, -0.2) is 12.3 Å². The Hall–Kier alpha value is -0.470. The van der Waals surface area contributed by atoms with E-state index in [-0.39, 0.29) is 0 Å². The van der Waals surface area contributed by atoms with Gasteiger partial charge in [-0.25, -0.2) is 0 Å². The Kier molecular flexibility index (Phi) is 4.49. The standard InChI is InChI=1S/C12H19NS/c1-9-4-6-11(7-5-10(2)13)12(8-9)14-3/h4,6,8,10H,5,7,13H2,1-3H3. The van der Waals surface area contributed by atoms with Crippen LogP contribution in [0.25, 0.3) is 0 Å². The van der Waals surface area contributed by atoms with Gasteiger partial charge in [0.2, 0.25) is 0 Å². The topological polar surface area (TPSA) is 26.0 Å². The summed E-state index contributed by atoms with van der Waals surface area (Å²) in [5.41, 5.74) is 8.52. The fourth-order valence-corrected chi connectivity index (χ4v) is 2.18. The van der Waals surface area contributed by atoms with Crippen molar-refractivity contribution in [2.75, 3.05) is 6.26 Å². The fraction of sp³-hybridized carbons (Fsp3) is 0.500. The lowest BCUT2D eigenvalue weighted by atomic mass is 10.1. The van der Waals surface area contributed by atoms with Gasteiger partial charge in [-0.05, 0) is 44.6 Å². The Labute approximate surface area is 91.1 Å². The number of nitrogens with two attached hydrogens (primary N) is 1. The van der Waals surface area contributed by atoms with E-state index in [9.17, 15) is 0 Å². The maximum atomic E-state index is 5.75. The summed E-state index contributed by atoms with van der Waals surface area (Å²) < 4.78 is 0. The molecule has 0 aromatic heterocycles. The fourth-order valence-electron chi connectivity index (χ4n) is 1.44. The van der Waals surface area contributed by atoms with Gasteiger partial charge in [-0.1, -0.05) is 17.7 Å². The average Bonchev–Trinajstić information content (AvgIpc) is 2.15. The molecule has 0 fully saturated rings. The van der Waals surface area contributed by atoms with Crippen LogP contribution in [0.3, 0.4) is 0 Å². The molecule has 0 saturated heterocycles. The van der Waals surface area contributed by atoms with Crippen LogP contribution in [0.4, 0.5) is 0 Å². The number of benzene rings is 1. The minimum absolute atomic E-state index is 0.297. The van der Waals surface area contributed by atoms with Gasteiger partial charge in [-0.3, -0.25) is 0 Å². The van der Waals surface area contributed by atoms with Crippen molar-refractivity contribution >= 4 is 11.8 Å². The van der Waals surface area contributed by atoms with E-state index in [0.717, 1.165) is 12.8 Å². The molecular formula is C12H19NS. The Balaban J connectivity index is 2.75. The number of thioether (sulfide) groups is 1. The molecular weight excluding hydrogens is 190 g/mol. The van der Waals surface area contributed by atoms with Crippen LogP contribution in [0.2, 0.25) is 0 Å². The van der Waals surface area contributed by atoms with Crippen LogP contribution in [0.15, 0.2) is 23.1 Å². The minimum Gasteiger partial charge on any atom is -0.328 e. The average molecular weight is 209 g/mol. The predicted molar refractivity (Wildman–Crippen MR) is 64.9 cm³/mol. The smallest absolute Gasteiger partial charge is 0.0104 e. The van der Waals surface area contributed by atoms with Gasteiger partial charge in [0.15, 0.2) is 0 Å². The summed E-state index contributed by atoms with van der Waals surface area (Å²) in [7, 11) is 0. The van der Waals surface area contributed by atoms with E-state index < -0.39 is 0 Å². The lowest BCUT2D eigenvalue weighted by Crippen LogP contribution is -2.15. The minimum atomic E-state index is 0.297. The second-order valence-electron chi connectivity index (χ2n) is 3.83. The first-order valence-electron chi connectivity index (χ1n) is 5.02. The van der Waals surface area contributed by atoms with E-state index in [1.807, 2.05) is 11.8 Å². The molecule has 0 aliphatic rings. The van der Waals surface area contributed by atoms with Gasteiger partial charge in [0, 0.05) is 10.9 Å². The molecule has 1 atom stereocenters. The van der Waals surface area contributed by atoms with Gasteiger partial charge < -0.3 is 5.73 Å². The van der Waals surface area contributed by atoms with Crippen molar-refractivity contribution in [1.29, 1.82) is 0 Å². The Morgan fingerprint density at radius 3 is 2.71 bits per heavy atom. The van der Waals surface area contributed by atoms with Gasteiger partial charge in [0.25, 0.3) is 0 Å². The molecule has 0 radical (unpaired) electrons. The van der Waals surface area contributed by atoms with E-state index in [1.165, 1.54) is 16.0 Å². The molecule has 1 aromatic rings. The Morgan fingerprint density at radius 2 is 2.14 bits per heavy atom. The zero-order valence-electron chi connectivity index (χ0n) is 9.21. The third kappa shape index (κ3) is 3.35. The molecule has 0 aliphatic heterocycles. The SMILES string of the molecule is CSc1cc(C)ccc1CCC(C)N. The van der Waals surface area contributed by atoms with Crippen LogP contribution in [-0.2, 0) is 6.42 Å². The van der Waals surface area contributed by atoms with Crippen molar-refractivity contribution in [2.45, 2.75) is 37.6 Å². The lowest BCUT2D eigenvalue weighted by molar-refractivity contribution is 0.661. The molecule has 0 spiro atoms. The molecule has 0 bridgehead atoms. The lowest BCUT2D eigenvalue weighted by Gasteiger charge is -2.09. The van der Waals surface area contributed by atoms with E-state index in [1.54, 1.807) is 0 Å². The quantitative estimate of drug-likeness (QED) is 0.771. The third-order valence-corrected chi connectivity index (χ3v) is 3.13. The van der Waals surface area contributed by atoms with Crippen molar-refractivity contribution in [3.05, 3.63) is 29.3 Å². The number of aryl methyl sites for hydroxylation is 2. The summed E-state index contributed by atoms with van der Waals surface area (Å²) >= 11 is 1.82. The van der Waals surface area contributed by atoms with Crippen LogP contribution < -0.4 is 5.73 Å². The molecule has 0 amide bonds. The summed E-state index contributed by atoms with van der Waals surface area (Å²) in [6, 6.07) is 6.95. The number of rotatable bonds is 4. The van der Waals surface area contributed by atoms with Crippen molar-refractivity contribution < 1.29 is 0 Å². The van der Waals surface area contributed by atoms with Gasteiger partial charge in [0.1, 0.15) is 0 Å². The Bertz CT molecular complexity index is 294. The highest BCUT2D eigenvalue weighted by molar-refractivity contribution is 7.98. The highest BCUT2D eigenvalue weighted by Crippen LogP contribution is 2.23. The highest BCUT2D eigenvalue weighted by Gasteiger charge is 2.03. The van der Waals surface area contributed by atoms with E-state index >= 15 is 0 Å². The molecule has 14 heavy (non-hydrogen) atoms. The molecule has 1 aromatic carbocycles. The first-order valence-corrected chi connectivity index (χ1v) is 6.25. The van der Waals surface area contributed by atoms with Crippen molar-refractivity contribution in [3.8, 4) is 0 Å². The summed E-state index contributed by atoms with van der Waals surface area (Å²) in [4.78, 5) is 1.39. The van der Waals surface area contributed by atoms with Crippen molar-refractivity contribution in [1.82, 2.24) is 0 Å². The summed E-state index contributed by atoms with van der Waals surface area (Å²) in [6.45, 7) is 4.20. The monoisotopic (exact) mass is 209 g/mol. The van der Waals surface area contributed by atoms with Crippen LogP contribution in [0.1, 0.15) is 24.5 Å². The van der Waals surface area contributed by atoms with Gasteiger partial charge in [0.05, 0.1) is 0 Å². The van der Waals surface area contributed by atoms with Crippen LogP contribution >= 0.6 is 11.8 Å². The first kappa shape index (κ1) is 11.6. The zero-order chi connectivity index (χ0) is 10.6. The van der Waals surface area contributed by atoms with E-state index in [0.29, 0.717) is 6.04 Å². The molecule has 0 aliphatic carbocycles. The zero-order valence-corrected chi connectivity index (χ0v) is 10.0. The number of hydrogen-bond donors (Lipinski definition) is 1.